The topological polar surface area (TPSA) is 21.7 Å². The van der Waals surface area contributed by atoms with Crippen LogP contribution in [0.4, 0.5) is 18.9 Å². The van der Waals surface area contributed by atoms with Crippen LogP contribution in [0.25, 0.3) is 0 Å². The molecule has 0 aromatic heterocycles. The van der Waals surface area contributed by atoms with Gasteiger partial charge in [-0.15, -0.1) is 0 Å². The molecule has 0 aliphatic carbocycles. The highest BCUT2D eigenvalue weighted by Crippen LogP contribution is 2.42. The van der Waals surface area contributed by atoms with Crippen LogP contribution in [0, 0.1) is 0 Å². The molecule has 1 aromatic carbocycles. The summed E-state index contributed by atoms with van der Waals surface area (Å²) >= 11 is 0. The maximum Gasteiger partial charge on any atom is 0.418 e. The molecule has 0 N–H and O–H groups in total. The Balaban J connectivity index is 2.55. The number of benzene rings is 1. The van der Waals surface area contributed by atoms with Crippen molar-refractivity contribution in [3.05, 3.63) is 23.3 Å². The second-order valence-corrected chi connectivity index (χ2v) is 5.36. The highest BCUT2D eigenvalue weighted by molar-refractivity contribution is 5.61. The van der Waals surface area contributed by atoms with E-state index in [2.05, 4.69) is 0 Å². The van der Waals surface area contributed by atoms with Gasteiger partial charge in [0.15, 0.2) is 0 Å². The molecule has 0 radical (unpaired) electrons. The Hall–Kier alpha value is -1.43. The summed E-state index contributed by atoms with van der Waals surface area (Å²) in [7, 11) is 1.48. The number of nitrogens with zero attached hydrogens (tertiary/aromatic N) is 1. The Morgan fingerprint density at radius 2 is 1.81 bits per heavy atom. The number of hydrogen-bond acceptors (Lipinski definition) is 3. The molecule has 0 unspecified atom stereocenters. The number of ether oxygens (including phenoxy) is 2. The Morgan fingerprint density at radius 3 is 2.29 bits per heavy atom. The first-order valence-electron chi connectivity index (χ1n) is 6.96. The van der Waals surface area contributed by atoms with Crippen LogP contribution < -0.4 is 9.64 Å². The average Bonchev–Trinajstić information content (AvgIpc) is 2.45. The molecule has 1 saturated heterocycles. The smallest absolute Gasteiger partial charge is 0.418 e. The van der Waals surface area contributed by atoms with Crippen molar-refractivity contribution in [1.29, 1.82) is 0 Å². The second kappa shape index (κ2) is 6.13. The van der Waals surface area contributed by atoms with E-state index in [1.165, 1.54) is 19.2 Å². The molecule has 0 bridgehead atoms. The Morgan fingerprint density at radius 1 is 1.19 bits per heavy atom. The molecule has 1 fully saturated rings. The van der Waals surface area contributed by atoms with E-state index in [0.29, 0.717) is 37.6 Å². The van der Waals surface area contributed by atoms with E-state index in [1.54, 1.807) is 4.90 Å². The highest BCUT2D eigenvalue weighted by atomic mass is 19.4. The Bertz CT molecular complexity index is 494. The summed E-state index contributed by atoms with van der Waals surface area (Å²) < 4.78 is 50.6. The number of methoxy groups -OCH3 is 1. The third-order valence-corrected chi connectivity index (χ3v) is 3.63. The molecule has 6 heteroatoms. The van der Waals surface area contributed by atoms with Gasteiger partial charge in [0.25, 0.3) is 0 Å². The molecular formula is C15H20F3NO2. The van der Waals surface area contributed by atoms with Crippen molar-refractivity contribution < 1.29 is 22.6 Å². The maximum atomic E-state index is 13.4. The van der Waals surface area contributed by atoms with Gasteiger partial charge < -0.3 is 14.4 Å². The van der Waals surface area contributed by atoms with E-state index in [1.807, 2.05) is 13.8 Å². The molecule has 0 spiro atoms. The van der Waals surface area contributed by atoms with Crippen LogP contribution in [0.1, 0.15) is 30.9 Å². The summed E-state index contributed by atoms with van der Waals surface area (Å²) in [5.74, 6) is 0.458. The largest absolute Gasteiger partial charge is 0.496 e. The number of anilines is 1. The van der Waals surface area contributed by atoms with Crippen LogP contribution in [0.5, 0.6) is 5.75 Å². The van der Waals surface area contributed by atoms with Crippen LogP contribution in [0.2, 0.25) is 0 Å². The van der Waals surface area contributed by atoms with Gasteiger partial charge >= 0.3 is 6.18 Å². The average molecular weight is 303 g/mol. The molecule has 118 valence electrons. The summed E-state index contributed by atoms with van der Waals surface area (Å²) in [6, 6.07) is 2.72. The first kappa shape index (κ1) is 15.9. The van der Waals surface area contributed by atoms with Crippen molar-refractivity contribution in [2.24, 2.45) is 0 Å². The van der Waals surface area contributed by atoms with Crippen LogP contribution in [0.3, 0.4) is 0 Å². The van der Waals surface area contributed by atoms with Gasteiger partial charge in [-0.25, -0.2) is 0 Å². The monoisotopic (exact) mass is 303 g/mol. The summed E-state index contributed by atoms with van der Waals surface area (Å²) in [5.41, 5.74) is 0.141. The van der Waals surface area contributed by atoms with Crippen molar-refractivity contribution in [1.82, 2.24) is 0 Å². The number of hydrogen-bond donors (Lipinski definition) is 0. The molecule has 1 aliphatic heterocycles. The molecule has 0 atom stereocenters. The SMILES string of the molecule is COc1cc(N2CCOCC2)c(C(F)(F)F)cc1C(C)C. The van der Waals surface area contributed by atoms with Crippen molar-refractivity contribution in [2.45, 2.75) is 25.9 Å². The zero-order chi connectivity index (χ0) is 15.6. The molecule has 21 heavy (non-hydrogen) atoms. The lowest BCUT2D eigenvalue weighted by Gasteiger charge is -2.32. The van der Waals surface area contributed by atoms with Crippen molar-refractivity contribution in [3.8, 4) is 5.75 Å². The minimum Gasteiger partial charge on any atom is -0.496 e. The van der Waals surface area contributed by atoms with E-state index in [0.717, 1.165) is 0 Å². The third kappa shape index (κ3) is 3.43. The van der Waals surface area contributed by atoms with Gasteiger partial charge in [-0.05, 0) is 17.5 Å². The van der Waals surface area contributed by atoms with E-state index in [4.69, 9.17) is 9.47 Å². The fourth-order valence-corrected chi connectivity index (χ4v) is 2.51. The van der Waals surface area contributed by atoms with Gasteiger partial charge in [-0.1, -0.05) is 13.8 Å². The minimum atomic E-state index is -4.39. The molecule has 1 aliphatic rings. The van der Waals surface area contributed by atoms with Crippen molar-refractivity contribution in [2.75, 3.05) is 38.3 Å². The van der Waals surface area contributed by atoms with E-state index in [9.17, 15) is 13.2 Å². The lowest BCUT2D eigenvalue weighted by molar-refractivity contribution is -0.137. The van der Waals surface area contributed by atoms with Gasteiger partial charge in [-0.2, -0.15) is 13.2 Å². The lowest BCUT2D eigenvalue weighted by Crippen LogP contribution is -2.37. The fraction of sp³-hybridized carbons (Fsp3) is 0.600. The van der Waals surface area contributed by atoms with Crippen molar-refractivity contribution in [3.63, 3.8) is 0 Å². The second-order valence-electron chi connectivity index (χ2n) is 5.36. The first-order valence-corrected chi connectivity index (χ1v) is 6.96. The lowest BCUT2D eigenvalue weighted by atomic mass is 9.97. The molecule has 0 amide bonds. The van der Waals surface area contributed by atoms with Gasteiger partial charge in [0, 0.05) is 19.2 Å². The zero-order valence-electron chi connectivity index (χ0n) is 12.5. The zero-order valence-corrected chi connectivity index (χ0v) is 12.5. The standard InChI is InChI=1S/C15H20F3NO2/c1-10(2)11-8-12(15(16,17)18)13(9-14(11)20-3)19-4-6-21-7-5-19/h8-10H,4-7H2,1-3H3. The fourth-order valence-electron chi connectivity index (χ4n) is 2.51. The summed E-state index contributed by atoms with van der Waals surface area (Å²) in [6.45, 7) is 5.48. The Kier molecular flexibility index (Phi) is 4.66. The highest BCUT2D eigenvalue weighted by Gasteiger charge is 2.36. The first-order chi connectivity index (χ1) is 9.84. The van der Waals surface area contributed by atoms with Gasteiger partial charge in [0.05, 0.1) is 31.6 Å². The number of rotatable bonds is 3. The van der Waals surface area contributed by atoms with Gasteiger partial charge in [-0.3, -0.25) is 0 Å². The van der Waals surface area contributed by atoms with Crippen LogP contribution in [0.15, 0.2) is 12.1 Å². The number of alkyl halides is 3. The summed E-state index contributed by atoms with van der Waals surface area (Å²) in [5, 5.41) is 0. The quantitative estimate of drug-likeness (QED) is 0.850. The number of halogens is 3. The molecule has 1 aromatic rings. The van der Waals surface area contributed by atoms with Crippen LogP contribution in [-0.2, 0) is 10.9 Å². The number of morpholine rings is 1. The molecular weight excluding hydrogens is 283 g/mol. The molecule has 0 saturated carbocycles. The molecule has 3 nitrogen and oxygen atoms in total. The van der Waals surface area contributed by atoms with Crippen molar-refractivity contribution >= 4 is 5.69 Å². The Labute approximate surface area is 122 Å². The van der Waals surface area contributed by atoms with E-state index >= 15 is 0 Å². The van der Waals surface area contributed by atoms with E-state index in [-0.39, 0.29) is 11.6 Å². The van der Waals surface area contributed by atoms with Crippen LogP contribution >= 0.6 is 0 Å². The van der Waals surface area contributed by atoms with Gasteiger partial charge in [0.1, 0.15) is 5.75 Å². The predicted molar refractivity (Wildman–Crippen MR) is 75.1 cm³/mol. The van der Waals surface area contributed by atoms with Crippen LogP contribution in [-0.4, -0.2) is 33.4 Å². The summed E-state index contributed by atoms with van der Waals surface area (Å²) in [4.78, 5) is 1.71. The molecule has 2 rings (SSSR count). The third-order valence-electron chi connectivity index (χ3n) is 3.63. The minimum absolute atomic E-state index is 0.0419. The maximum absolute atomic E-state index is 13.4. The predicted octanol–water partition coefficient (Wildman–Crippen LogP) is 3.67. The summed E-state index contributed by atoms with van der Waals surface area (Å²) in [6.07, 6.45) is -4.39. The van der Waals surface area contributed by atoms with E-state index < -0.39 is 11.7 Å². The molecule has 1 heterocycles. The van der Waals surface area contributed by atoms with Gasteiger partial charge in [0.2, 0.25) is 0 Å². The normalized spacial score (nSPS) is 16.4.